The Hall–Kier alpha value is -0.940. The lowest BCUT2D eigenvalue weighted by molar-refractivity contribution is 0.135. The molecule has 1 unspecified atom stereocenters. The fourth-order valence-corrected chi connectivity index (χ4v) is 2.19. The third-order valence-corrected chi connectivity index (χ3v) is 3.42. The van der Waals surface area contributed by atoms with Gasteiger partial charge in [0.2, 0.25) is 5.89 Å². The van der Waals surface area contributed by atoms with Crippen LogP contribution in [0, 0.1) is 0 Å². The van der Waals surface area contributed by atoms with Crippen LogP contribution in [0.25, 0.3) is 0 Å². The lowest BCUT2D eigenvalue weighted by atomic mass is 10.1. The summed E-state index contributed by atoms with van der Waals surface area (Å²) in [5, 5.41) is 3.95. The van der Waals surface area contributed by atoms with E-state index in [1.165, 1.54) is 38.5 Å². The average Bonchev–Trinajstić information content (AvgIpc) is 2.87. The first-order chi connectivity index (χ1) is 9.60. The van der Waals surface area contributed by atoms with E-state index < -0.39 is 5.54 Å². The summed E-state index contributed by atoms with van der Waals surface area (Å²) in [6.07, 6.45) is 9.77. The van der Waals surface area contributed by atoms with E-state index in [9.17, 15) is 0 Å². The first-order valence-corrected chi connectivity index (χ1v) is 7.71. The van der Waals surface area contributed by atoms with Crippen molar-refractivity contribution in [3.63, 3.8) is 0 Å². The van der Waals surface area contributed by atoms with Crippen LogP contribution in [0.2, 0.25) is 0 Å². The van der Waals surface area contributed by atoms with Gasteiger partial charge in [-0.25, -0.2) is 0 Å². The monoisotopic (exact) mass is 283 g/mol. The number of aryl methyl sites for hydroxylation is 1. The van der Waals surface area contributed by atoms with Gasteiger partial charge in [0, 0.05) is 13.5 Å². The van der Waals surface area contributed by atoms with Gasteiger partial charge >= 0.3 is 0 Å². The predicted molar refractivity (Wildman–Crippen MR) is 79.4 cm³/mol. The van der Waals surface area contributed by atoms with Crippen molar-refractivity contribution in [2.24, 2.45) is 5.73 Å². The van der Waals surface area contributed by atoms with Crippen LogP contribution in [0.4, 0.5) is 0 Å². The van der Waals surface area contributed by atoms with E-state index in [2.05, 4.69) is 17.1 Å². The van der Waals surface area contributed by atoms with Crippen molar-refractivity contribution in [1.29, 1.82) is 0 Å². The number of nitrogens with zero attached hydrogens (tertiary/aromatic N) is 2. The largest absolute Gasteiger partial charge is 0.382 e. The van der Waals surface area contributed by atoms with Crippen LogP contribution in [0.15, 0.2) is 4.52 Å². The summed E-state index contributed by atoms with van der Waals surface area (Å²) in [4.78, 5) is 4.36. The van der Waals surface area contributed by atoms with E-state index in [-0.39, 0.29) is 0 Å². The molecule has 0 aromatic carbocycles. The highest BCUT2D eigenvalue weighted by Crippen LogP contribution is 2.16. The van der Waals surface area contributed by atoms with Crippen LogP contribution in [0.1, 0.15) is 70.5 Å². The summed E-state index contributed by atoms with van der Waals surface area (Å²) in [6.45, 7) is 4.46. The molecule has 5 nitrogen and oxygen atoms in total. The van der Waals surface area contributed by atoms with Crippen LogP contribution in [-0.4, -0.2) is 23.9 Å². The molecule has 0 spiro atoms. The third-order valence-electron chi connectivity index (χ3n) is 3.42. The molecule has 1 rings (SSSR count). The second-order valence-corrected chi connectivity index (χ2v) is 5.73. The summed E-state index contributed by atoms with van der Waals surface area (Å²) in [7, 11) is 1.62. The zero-order valence-electron chi connectivity index (χ0n) is 13.2. The molecular weight excluding hydrogens is 254 g/mol. The quantitative estimate of drug-likeness (QED) is 0.631. The Morgan fingerprint density at radius 3 is 2.45 bits per heavy atom. The van der Waals surface area contributed by atoms with E-state index >= 15 is 0 Å². The molecule has 0 aliphatic rings. The topological polar surface area (TPSA) is 74.2 Å². The normalized spacial score (nSPS) is 14.4. The minimum atomic E-state index is -0.684. The van der Waals surface area contributed by atoms with E-state index in [1.54, 1.807) is 7.11 Å². The summed E-state index contributed by atoms with van der Waals surface area (Å²) >= 11 is 0. The lowest BCUT2D eigenvalue weighted by Gasteiger charge is -2.18. The Morgan fingerprint density at radius 2 is 1.80 bits per heavy atom. The molecule has 1 aromatic rings. The van der Waals surface area contributed by atoms with Crippen LogP contribution >= 0.6 is 0 Å². The molecule has 1 aromatic heterocycles. The van der Waals surface area contributed by atoms with E-state index in [0.29, 0.717) is 18.3 Å². The lowest BCUT2D eigenvalue weighted by Crippen LogP contribution is -2.39. The zero-order chi connectivity index (χ0) is 14.8. The van der Waals surface area contributed by atoms with Gasteiger partial charge in [0.25, 0.3) is 0 Å². The van der Waals surface area contributed by atoms with Crippen molar-refractivity contribution in [2.75, 3.05) is 13.7 Å². The van der Waals surface area contributed by atoms with Gasteiger partial charge in [-0.1, -0.05) is 50.6 Å². The number of aromatic nitrogens is 2. The summed E-state index contributed by atoms with van der Waals surface area (Å²) < 4.78 is 10.3. The molecule has 0 bridgehead atoms. The van der Waals surface area contributed by atoms with Crippen LogP contribution in [-0.2, 0) is 16.7 Å². The molecule has 1 heterocycles. The maximum Gasteiger partial charge on any atom is 0.226 e. The number of methoxy groups -OCH3 is 1. The van der Waals surface area contributed by atoms with Crippen molar-refractivity contribution in [1.82, 2.24) is 10.1 Å². The van der Waals surface area contributed by atoms with Gasteiger partial charge < -0.3 is 15.0 Å². The Morgan fingerprint density at radius 1 is 1.15 bits per heavy atom. The molecule has 0 aliphatic heterocycles. The van der Waals surface area contributed by atoms with Gasteiger partial charge in [-0.15, -0.1) is 0 Å². The molecule has 5 heteroatoms. The summed E-state index contributed by atoms with van der Waals surface area (Å²) in [5.74, 6) is 1.21. The van der Waals surface area contributed by atoms with Gasteiger partial charge in [0.1, 0.15) is 5.54 Å². The number of hydrogen-bond acceptors (Lipinski definition) is 5. The first-order valence-electron chi connectivity index (χ1n) is 7.71. The maximum atomic E-state index is 6.07. The van der Waals surface area contributed by atoms with Gasteiger partial charge in [0.15, 0.2) is 5.82 Å². The standard InChI is InChI=1S/C15H29N3O2/c1-4-5-6-7-8-9-10-11-13-17-14(18-20-13)15(2,16)12-19-3/h4-12,16H2,1-3H3. The van der Waals surface area contributed by atoms with Crippen molar-refractivity contribution < 1.29 is 9.26 Å². The molecule has 0 aliphatic carbocycles. The van der Waals surface area contributed by atoms with Crippen molar-refractivity contribution in [3.8, 4) is 0 Å². The Bertz CT molecular complexity index is 364. The molecule has 2 N–H and O–H groups in total. The third kappa shape index (κ3) is 6.01. The fourth-order valence-electron chi connectivity index (χ4n) is 2.19. The van der Waals surface area contributed by atoms with Gasteiger partial charge in [-0.3, -0.25) is 0 Å². The Labute approximate surface area is 122 Å². The van der Waals surface area contributed by atoms with Gasteiger partial charge in [0.05, 0.1) is 6.61 Å². The SMILES string of the molecule is CCCCCCCCCc1nc(C(C)(N)COC)no1. The number of nitrogens with two attached hydrogens (primary N) is 1. The second kappa shape index (κ2) is 9.08. The molecule has 0 amide bonds. The van der Waals surface area contributed by atoms with Gasteiger partial charge in [-0.2, -0.15) is 4.98 Å². The molecule has 0 saturated carbocycles. The summed E-state index contributed by atoms with van der Waals surface area (Å²) in [6, 6.07) is 0. The van der Waals surface area contributed by atoms with Crippen molar-refractivity contribution >= 4 is 0 Å². The molecule has 116 valence electrons. The van der Waals surface area contributed by atoms with Crippen LogP contribution < -0.4 is 5.73 Å². The van der Waals surface area contributed by atoms with E-state index in [1.807, 2.05) is 6.92 Å². The Kier molecular flexibility index (Phi) is 7.77. The smallest absolute Gasteiger partial charge is 0.226 e. The van der Waals surface area contributed by atoms with Gasteiger partial charge in [-0.05, 0) is 13.3 Å². The van der Waals surface area contributed by atoms with Crippen molar-refractivity contribution in [2.45, 2.75) is 70.8 Å². The van der Waals surface area contributed by atoms with E-state index in [0.717, 1.165) is 12.8 Å². The minimum absolute atomic E-state index is 0.378. The number of hydrogen-bond donors (Lipinski definition) is 1. The number of unbranched alkanes of at least 4 members (excludes halogenated alkanes) is 6. The number of ether oxygens (including phenoxy) is 1. The van der Waals surface area contributed by atoms with Crippen LogP contribution in [0.5, 0.6) is 0 Å². The van der Waals surface area contributed by atoms with E-state index in [4.69, 9.17) is 15.0 Å². The molecule has 0 fully saturated rings. The molecule has 20 heavy (non-hydrogen) atoms. The van der Waals surface area contributed by atoms with Crippen molar-refractivity contribution in [3.05, 3.63) is 11.7 Å². The second-order valence-electron chi connectivity index (χ2n) is 5.73. The number of rotatable bonds is 11. The zero-order valence-corrected chi connectivity index (χ0v) is 13.2. The highest BCUT2D eigenvalue weighted by Gasteiger charge is 2.27. The molecular formula is C15H29N3O2. The highest BCUT2D eigenvalue weighted by molar-refractivity contribution is 5.01. The first kappa shape index (κ1) is 17.1. The van der Waals surface area contributed by atoms with Crippen LogP contribution in [0.3, 0.4) is 0 Å². The maximum absolute atomic E-state index is 6.07. The highest BCUT2D eigenvalue weighted by atomic mass is 16.5. The molecule has 0 saturated heterocycles. The minimum Gasteiger partial charge on any atom is -0.382 e. The Balaban J connectivity index is 2.24. The molecule has 0 radical (unpaired) electrons. The summed E-state index contributed by atoms with van der Waals surface area (Å²) in [5.41, 5.74) is 5.39. The predicted octanol–water partition coefficient (Wildman–Crippen LogP) is 3.18. The molecule has 1 atom stereocenters. The fraction of sp³-hybridized carbons (Fsp3) is 0.867. The average molecular weight is 283 g/mol.